The monoisotopic (exact) mass is 687 g/mol. The van der Waals surface area contributed by atoms with Crippen LogP contribution in [-0.2, 0) is 9.47 Å². The fourth-order valence-corrected chi connectivity index (χ4v) is 4.35. The van der Waals surface area contributed by atoms with Crippen molar-refractivity contribution in [1.29, 1.82) is 5.41 Å². The number of aliphatic imine (C=N–C) groups is 2. The molecule has 0 saturated carbocycles. The molecule has 0 aliphatic heterocycles. The third-order valence-corrected chi connectivity index (χ3v) is 7.03. The Morgan fingerprint density at radius 3 is 2.22 bits per heavy atom. The Kier molecular flexibility index (Phi) is 17.9. The molecule has 0 aliphatic rings. The quantitative estimate of drug-likeness (QED) is 0.0261. The Morgan fingerprint density at radius 2 is 1.50 bits per heavy atom. The van der Waals surface area contributed by atoms with Crippen LogP contribution < -0.4 is 43.8 Å². The summed E-state index contributed by atoms with van der Waals surface area (Å²) < 4.78 is 11.1. The number of ether oxygens (including phenoxy) is 2. The lowest BCUT2D eigenvalue weighted by molar-refractivity contribution is 0.0512. The third-order valence-electron chi connectivity index (χ3n) is 7.03. The van der Waals surface area contributed by atoms with Crippen LogP contribution in [0.5, 0.6) is 0 Å². The number of benzene rings is 3. The standard InChI is InChI=1S/C35H49N11O4/c1-2-3-4-8-17-39-33(48)27-11-13-29(14-12-27)42-35(45-46-44-30-15-16-31(37)28(24-30)25-36)43-34(38)41-19-21-50-23-22-49-20-18-40-32(47)26-9-6-5-7-10-26/h5-7,9-16,24-25,36,44,46H,2-4,8,17-23,37H2,1H3,(H,39,48)(H,40,47)(H4,38,41,42,43,45). The van der Waals surface area contributed by atoms with E-state index in [4.69, 9.17) is 26.4 Å². The highest BCUT2D eigenvalue weighted by Gasteiger charge is 2.07. The molecule has 3 aromatic carbocycles. The van der Waals surface area contributed by atoms with Gasteiger partial charge in [0.2, 0.25) is 11.9 Å². The van der Waals surface area contributed by atoms with Gasteiger partial charge >= 0.3 is 0 Å². The van der Waals surface area contributed by atoms with E-state index in [1.54, 1.807) is 54.6 Å². The predicted molar refractivity (Wildman–Crippen MR) is 200 cm³/mol. The van der Waals surface area contributed by atoms with E-state index in [-0.39, 0.29) is 30.3 Å². The summed E-state index contributed by atoms with van der Waals surface area (Å²) in [7, 11) is 0. The van der Waals surface area contributed by atoms with Crippen LogP contribution in [0.2, 0.25) is 0 Å². The van der Waals surface area contributed by atoms with E-state index in [0.29, 0.717) is 73.3 Å². The average molecular weight is 688 g/mol. The highest BCUT2D eigenvalue weighted by atomic mass is 16.5. The topological polar surface area (TPSA) is 225 Å². The number of carbonyl (C=O) groups excluding carboxylic acids is 2. The number of nitrogens with zero attached hydrogens (tertiary/aromatic N) is 2. The Bertz CT molecular complexity index is 1530. The molecule has 50 heavy (non-hydrogen) atoms. The molecule has 3 aromatic rings. The number of hydrogen-bond acceptors (Lipinski definition) is 9. The van der Waals surface area contributed by atoms with Gasteiger partial charge in [0.1, 0.15) is 0 Å². The Labute approximate surface area is 293 Å². The van der Waals surface area contributed by atoms with Crippen LogP contribution >= 0.6 is 0 Å². The molecule has 15 nitrogen and oxygen atoms in total. The Hall–Kier alpha value is -5.51. The first kappa shape index (κ1) is 38.9. The van der Waals surface area contributed by atoms with Crippen LogP contribution in [0.3, 0.4) is 0 Å². The Morgan fingerprint density at radius 1 is 0.820 bits per heavy atom. The zero-order valence-electron chi connectivity index (χ0n) is 28.5. The Balaban J connectivity index is 1.47. The highest BCUT2D eigenvalue weighted by Crippen LogP contribution is 2.15. The number of amides is 2. The summed E-state index contributed by atoms with van der Waals surface area (Å²) in [5.41, 5.74) is 24.2. The minimum atomic E-state index is -0.144. The van der Waals surface area contributed by atoms with Crippen molar-refractivity contribution in [3.05, 3.63) is 89.5 Å². The van der Waals surface area contributed by atoms with Gasteiger partial charge < -0.3 is 47.7 Å². The normalized spacial score (nSPS) is 11.5. The summed E-state index contributed by atoms with van der Waals surface area (Å²) >= 11 is 0. The largest absolute Gasteiger partial charge is 0.398 e. The van der Waals surface area contributed by atoms with Crippen molar-refractivity contribution in [2.45, 2.75) is 32.6 Å². The van der Waals surface area contributed by atoms with Gasteiger partial charge in [0.05, 0.1) is 38.7 Å². The van der Waals surface area contributed by atoms with E-state index in [9.17, 15) is 9.59 Å². The van der Waals surface area contributed by atoms with Crippen molar-refractivity contribution in [3.8, 4) is 0 Å². The number of hydrogen-bond donors (Lipinski definition) is 9. The van der Waals surface area contributed by atoms with Crippen molar-refractivity contribution in [2.75, 3.05) is 62.5 Å². The molecule has 0 atom stereocenters. The minimum absolute atomic E-state index is 0.00606. The molecule has 15 heteroatoms. The molecule has 0 heterocycles. The summed E-state index contributed by atoms with van der Waals surface area (Å²) in [6.07, 6.45) is 5.51. The van der Waals surface area contributed by atoms with Gasteiger partial charge in [-0.1, -0.05) is 44.4 Å². The van der Waals surface area contributed by atoms with E-state index in [2.05, 4.69) is 49.2 Å². The number of guanidine groups is 2. The van der Waals surface area contributed by atoms with Gasteiger partial charge in [-0.2, -0.15) is 4.99 Å². The van der Waals surface area contributed by atoms with Gasteiger partial charge in [0.25, 0.3) is 11.8 Å². The molecular formula is C35H49N11O4. The molecule has 0 unspecified atom stereocenters. The van der Waals surface area contributed by atoms with Crippen molar-refractivity contribution in [2.24, 2.45) is 15.7 Å². The van der Waals surface area contributed by atoms with Crippen LogP contribution in [0, 0.1) is 5.41 Å². The fourth-order valence-electron chi connectivity index (χ4n) is 4.35. The molecule has 0 aromatic heterocycles. The average Bonchev–Trinajstić information content (AvgIpc) is 3.13. The molecule has 0 aliphatic carbocycles. The number of unbranched alkanes of at least 4 members (excludes halogenated alkanes) is 3. The first-order valence-electron chi connectivity index (χ1n) is 16.6. The first-order chi connectivity index (χ1) is 24.4. The molecule has 0 saturated heterocycles. The second-order valence-corrected chi connectivity index (χ2v) is 10.9. The van der Waals surface area contributed by atoms with Crippen LogP contribution in [0.25, 0.3) is 0 Å². The second-order valence-electron chi connectivity index (χ2n) is 10.9. The molecule has 11 N–H and O–H groups in total. The van der Waals surface area contributed by atoms with E-state index in [0.717, 1.165) is 25.7 Å². The minimum Gasteiger partial charge on any atom is -0.398 e. The van der Waals surface area contributed by atoms with Gasteiger partial charge in [-0.05, 0) is 61.0 Å². The molecule has 0 fully saturated rings. The summed E-state index contributed by atoms with van der Waals surface area (Å²) in [5, 5.41) is 16.4. The van der Waals surface area contributed by atoms with Gasteiger partial charge in [-0.15, -0.1) is 5.53 Å². The molecule has 0 radical (unpaired) electrons. The number of rotatable bonds is 21. The summed E-state index contributed by atoms with van der Waals surface area (Å²) in [6.45, 7) is 4.84. The van der Waals surface area contributed by atoms with Gasteiger partial charge in [-0.3, -0.25) is 15.0 Å². The van der Waals surface area contributed by atoms with Crippen LogP contribution in [0.1, 0.15) is 58.9 Å². The number of hydrazine groups is 2. The third kappa shape index (κ3) is 15.1. The van der Waals surface area contributed by atoms with E-state index >= 15 is 0 Å². The molecule has 0 bridgehead atoms. The van der Waals surface area contributed by atoms with E-state index < -0.39 is 0 Å². The molecule has 268 valence electrons. The summed E-state index contributed by atoms with van der Waals surface area (Å²) in [6, 6.07) is 21.1. The van der Waals surface area contributed by atoms with Crippen LogP contribution in [0.4, 0.5) is 17.1 Å². The van der Waals surface area contributed by atoms with Crippen LogP contribution in [0.15, 0.2) is 82.8 Å². The van der Waals surface area contributed by atoms with Crippen molar-refractivity contribution < 1.29 is 19.1 Å². The molecule has 2 amide bonds. The van der Waals surface area contributed by atoms with Crippen molar-refractivity contribution in [1.82, 2.24) is 21.6 Å². The van der Waals surface area contributed by atoms with Gasteiger partial charge in [0.15, 0.2) is 0 Å². The fraction of sp³-hybridized carbons (Fsp3) is 0.343. The summed E-state index contributed by atoms with van der Waals surface area (Å²) in [4.78, 5) is 33.2. The maximum Gasteiger partial charge on any atom is 0.251 e. The zero-order valence-corrected chi connectivity index (χ0v) is 28.5. The van der Waals surface area contributed by atoms with Crippen LogP contribution in [-0.4, -0.2) is 76.0 Å². The maximum atomic E-state index is 12.5. The highest BCUT2D eigenvalue weighted by molar-refractivity contribution is 6.02. The number of anilines is 3. The number of nitrogens with two attached hydrogens (primary N) is 2. The summed E-state index contributed by atoms with van der Waals surface area (Å²) in [5.74, 6) is -0.0673. The molecular weight excluding hydrogens is 638 g/mol. The lowest BCUT2D eigenvalue weighted by Gasteiger charge is -2.15. The van der Waals surface area contributed by atoms with Gasteiger partial charge in [0, 0.05) is 47.4 Å². The van der Waals surface area contributed by atoms with E-state index in [1.807, 2.05) is 18.2 Å². The molecule has 0 spiro atoms. The number of nitrogens with one attached hydrogen (secondary N) is 7. The lowest BCUT2D eigenvalue weighted by atomic mass is 10.2. The lowest BCUT2D eigenvalue weighted by Crippen LogP contribution is -2.45. The number of nitrogen functional groups attached to an aromatic ring is 1. The molecule has 3 rings (SSSR count). The smallest absolute Gasteiger partial charge is 0.251 e. The number of carbonyl (C=O) groups is 2. The SMILES string of the molecule is CCCCCCNC(=O)c1ccc(NC(=NC(N)=NCCOCCOCCNC(=O)c2ccccc2)NNNc2ccc(N)c(C=N)c2)cc1. The first-order valence-corrected chi connectivity index (χ1v) is 16.6. The van der Waals surface area contributed by atoms with Crippen molar-refractivity contribution >= 4 is 47.0 Å². The zero-order chi connectivity index (χ0) is 35.8. The maximum absolute atomic E-state index is 12.5. The predicted octanol–water partition coefficient (Wildman–Crippen LogP) is 3.24. The van der Waals surface area contributed by atoms with E-state index in [1.165, 1.54) is 6.21 Å². The van der Waals surface area contributed by atoms with Gasteiger partial charge in [-0.25, -0.2) is 4.99 Å². The second kappa shape index (κ2) is 23.0. The van der Waals surface area contributed by atoms with Crippen molar-refractivity contribution in [3.63, 3.8) is 0 Å².